The number of aliphatic imine (C=N–C) groups is 1. The van der Waals surface area contributed by atoms with Gasteiger partial charge in [-0.15, -0.1) is 0 Å². The smallest absolute Gasteiger partial charge is 0.369 e. The first-order valence-electron chi connectivity index (χ1n) is 9.04. The highest BCUT2D eigenvalue weighted by molar-refractivity contribution is 6.09. The fourth-order valence-corrected chi connectivity index (χ4v) is 2.59. The number of aliphatic hydroxyl groups is 1. The van der Waals surface area contributed by atoms with Gasteiger partial charge in [0.2, 0.25) is 0 Å². The third kappa shape index (κ3) is 5.70. The van der Waals surface area contributed by atoms with E-state index in [1.807, 2.05) is 0 Å². The minimum absolute atomic E-state index is 0.0843. The van der Waals surface area contributed by atoms with Gasteiger partial charge in [-0.2, -0.15) is 26.3 Å². The van der Waals surface area contributed by atoms with Crippen molar-refractivity contribution < 1.29 is 36.2 Å². The van der Waals surface area contributed by atoms with E-state index in [-0.39, 0.29) is 11.3 Å². The molecule has 0 atom stereocenters. The van der Waals surface area contributed by atoms with Crippen molar-refractivity contribution in [2.24, 2.45) is 4.99 Å². The Kier molecular flexibility index (Phi) is 7.51. The van der Waals surface area contributed by atoms with Crippen LogP contribution in [0.4, 0.5) is 32.0 Å². The molecule has 2 aromatic rings. The number of benzene rings is 2. The molecule has 2 rings (SSSR count). The summed E-state index contributed by atoms with van der Waals surface area (Å²) in [5.74, 6) is 4.81. The standard InChI is InChI=1S/C23H16F6N2O2/c1-3-18(30-4-2)11-8-15-6-5-7-16(14-15)20(32)31-19-12-9-17(10-13-19)21(33,22(24,25)26)23(27,28)29/h3-7,9-10,12-14,33H,1-2H2,(H,31,32). The summed E-state index contributed by atoms with van der Waals surface area (Å²) >= 11 is 0. The van der Waals surface area contributed by atoms with E-state index in [0.29, 0.717) is 23.4 Å². The second kappa shape index (κ2) is 9.75. The summed E-state index contributed by atoms with van der Waals surface area (Å²) in [5, 5.41) is 11.8. The van der Waals surface area contributed by atoms with E-state index in [1.165, 1.54) is 30.5 Å². The lowest BCUT2D eigenvalue weighted by Crippen LogP contribution is -2.53. The molecule has 0 aliphatic heterocycles. The first kappa shape index (κ1) is 25.4. The molecule has 4 nitrogen and oxygen atoms in total. The minimum atomic E-state index is -6.00. The molecule has 2 aromatic carbocycles. The van der Waals surface area contributed by atoms with Gasteiger partial charge in [-0.3, -0.25) is 4.79 Å². The molecule has 0 unspecified atom stereocenters. The number of allylic oxidation sites excluding steroid dienone is 1. The molecule has 0 saturated heterocycles. The van der Waals surface area contributed by atoms with Crippen LogP contribution < -0.4 is 5.32 Å². The summed E-state index contributed by atoms with van der Waals surface area (Å²) in [7, 11) is 0. The van der Waals surface area contributed by atoms with Crippen LogP contribution in [0.1, 0.15) is 21.5 Å². The molecular weight excluding hydrogens is 450 g/mol. The lowest BCUT2D eigenvalue weighted by atomic mass is 9.92. The Labute approximate surface area is 185 Å². The highest BCUT2D eigenvalue weighted by Gasteiger charge is 2.71. The summed E-state index contributed by atoms with van der Waals surface area (Å²) in [4.78, 5) is 16.3. The molecule has 0 radical (unpaired) electrons. The monoisotopic (exact) mass is 466 g/mol. The van der Waals surface area contributed by atoms with Crippen LogP contribution in [-0.2, 0) is 5.60 Å². The van der Waals surface area contributed by atoms with Crippen LogP contribution in [0, 0.1) is 11.8 Å². The molecular formula is C23H16F6N2O2. The van der Waals surface area contributed by atoms with Crippen molar-refractivity contribution in [3.63, 3.8) is 0 Å². The van der Waals surface area contributed by atoms with Crippen LogP contribution in [0.3, 0.4) is 0 Å². The fourth-order valence-electron chi connectivity index (χ4n) is 2.59. The van der Waals surface area contributed by atoms with Crippen molar-refractivity contribution in [3.8, 4) is 11.8 Å². The topological polar surface area (TPSA) is 61.7 Å². The van der Waals surface area contributed by atoms with E-state index in [2.05, 4.69) is 35.3 Å². The van der Waals surface area contributed by atoms with Crippen molar-refractivity contribution in [2.75, 3.05) is 5.32 Å². The van der Waals surface area contributed by atoms with Crippen molar-refractivity contribution in [1.82, 2.24) is 0 Å². The zero-order chi connectivity index (χ0) is 24.9. The summed E-state index contributed by atoms with van der Waals surface area (Å²) < 4.78 is 77.8. The van der Waals surface area contributed by atoms with Crippen LogP contribution in [0.5, 0.6) is 0 Å². The number of alkyl halides is 6. The predicted octanol–water partition coefficient (Wildman–Crippen LogP) is 5.37. The van der Waals surface area contributed by atoms with E-state index in [4.69, 9.17) is 0 Å². The van der Waals surface area contributed by atoms with Gasteiger partial charge in [0.05, 0.1) is 0 Å². The second-order valence-electron chi connectivity index (χ2n) is 6.47. The fraction of sp³-hybridized carbons (Fsp3) is 0.130. The molecule has 0 saturated carbocycles. The van der Waals surface area contributed by atoms with Crippen LogP contribution >= 0.6 is 0 Å². The second-order valence-corrected chi connectivity index (χ2v) is 6.47. The summed E-state index contributed by atoms with van der Waals surface area (Å²) in [5.41, 5.74) is -5.64. The van der Waals surface area contributed by atoms with E-state index in [9.17, 15) is 36.2 Å². The van der Waals surface area contributed by atoms with Crippen molar-refractivity contribution in [2.45, 2.75) is 18.0 Å². The van der Waals surface area contributed by atoms with E-state index >= 15 is 0 Å². The van der Waals surface area contributed by atoms with E-state index < -0.39 is 29.4 Å². The van der Waals surface area contributed by atoms with Gasteiger partial charge in [0.25, 0.3) is 11.5 Å². The molecule has 0 bridgehead atoms. The minimum Gasteiger partial charge on any atom is -0.369 e. The molecule has 10 heteroatoms. The number of nitrogens with one attached hydrogen (secondary N) is 1. The zero-order valence-electron chi connectivity index (χ0n) is 16.8. The predicted molar refractivity (Wildman–Crippen MR) is 112 cm³/mol. The third-order valence-electron chi connectivity index (χ3n) is 4.26. The Morgan fingerprint density at radius 2 is 1.61 bits per heavy atom. The van der Waals surface area contributed by atoms with Gasteiger partial charge in [-0.25, -0.2) is 4.99 Å². The van der Waals surface area contributed by atoms with Crippen molar-refractivity contribution in [1.29, 1.82) is 0 Å². The Bertz CT molecular complexity index is 1120. The average Bonchev–Trinajstić information content (AvgIpc) is 2.75. The van der Waals surface area contributed by atoms with Crippen molar-refractivity contribution >= 4 is 17.3 Å². The number of amides is 1. The normalized spacial score (nSPS) is 12.4. The SMILES string of the molecule is C=CN=C(C#Cc1cccc(C(=O)Nc2ccc(C(O)(C(F)(F)F)C(F)(F)F)cc2)c1)C=C. The molecule has 2 N–H and O–H groups in total. The number of carbonyl (C=O) groups is 1. The summed E-state index contributed by atoms with van der Waals surface area (Å²) in [6.07, 6.45) is -9.31. The number of halogens is 6. The third-order valence-corrected chi connectivity index (χ3v) is 4.26. The average molecular weight is 466 g/mol. The van der Waals surface area contributed by atoms with Gasteiger partial charge in [-0.05, 0) is 42.3 Å². The van der Waals surface area contributed by atoms with Gasteiger partial charge in [0, 0.05) is 28.6 Å². The number of anilines is 1. The number of carbonyl (C=O) groups excluding carboxylic acids is 1. The molecule has 172 valence electrons. The highest BCUT2D eigenvalue weighted by atomic mass is 19.4. The molecule has 1 amide bonds. The summed E-state index contributed by atoms with van der Waals surface area (Å²) in [6, 6.07) is 8.53. The molecule has 0 aromatic heterocycles. The molecule has 0 aliphatic carbocycles. The maximum atomic E-state index is 13.0. The molecule has 0 heterocycles. The van der Waals surface area contributed by atoms with E-state index in [1.54, 1.807) is 6.07 Å². The Balaban J connectivity index is 2.26. The van der Waals surface area contributed by atoms with E-state index in [0.717, 1.165) is 12.1 Å². The van der Waals surface area contributed by atoms with Crippen molar-refractivity contribution in [3.05, 3.63) is 90.7 Å². The van der Waals surface area contributed by atoms with Gasteiger partial charge in [0.15, 0.2) is 0 Å². The number of nitrogens with zero attached hydrogens (tertiary/aromatic N) is 1. The maximum Gasteiger partial charge on any atom is 0.430 e. The van der Waals surface area contributed by atoms with Crippen LogP contribution in [0.15, 0.2) is 79.0 Å². The van der Waals surface area contributed by atoms with Gasteiger partial charge in [0.1, 0.15) is 5.71 Å². The van der Waals surface area contributed by atoms with Gasteiger partial charge < -0.3 is 10.4 Å². The Morgan fingerprint density at radius 1 is 1.00 bits per heavy atom. The van der Waals surface area contributed by atoms with Gasteiger partial charge in [-0.1, -0.05) is 37.3 Å². The molecule has 0 aliphatic rings. The molecule has 0 fully saturated rings. The Hall–Kier alpha value is -3.84. The number of hydrogen-bond donors (Lipinski definition) is 2. The lowest BCUT2D eigenvalue weighted by Gasteiger charge is -2.32. The van der Waals surface area contributed by atoms with Crippen LogP contribution in [0.2, 0.25) is 0 Å². The quantitative estimate of drug-likeness (QED) is 0.354. The zero-order valence-corrected chi connectivity index (χ0v) is 16.8. The Morgan fingerprint density at radius 3 is 2.12 bits per heavy atom. The lowest BCUT2D eigenvalue weighted by molar-refractivity contribution is -0.376. The van der Waals surface area contributed by atoms with Crippen LogP contribution in [0.25, 0.3) is 0 Å². The molecule has 0 spiro atoms. The van der Waals surface area contributed by atoms with Gasteiger partial charge >= 0.3 is 12.4 Å². The number of rotatable bonds is 5. The summed E-state index contributed by atoms with van der Waals surface area (Å²) in [6.45, 7) is 6.99. The first-order valence-corrected chi connectivity index (χ1v) is 9.04. The maximum absolute atomic E-state index is 13.0. The largest absolute Gasteiger partial charge is 0.430 e. The van der Waals surface area contributed by atoms with Crippen LogP contribution in [-0.4, -0.2) is 29.1 Å². The molecule has 33 heavy (non-hydrogen) atoms. The first-order chi connectivity index (χ1) is 15.3. The number of hydrogen-bond acceptors (Lipinski definition) is 3. The highest BCUT2D eigenvalue weighted by Crippen LogP contribution is 2.50.